The average molecular weight is 254 g/mol. The molecule has 1 atom stereocenters. The Morgan fingerprint density at radius 3 is 1.94 bits per heavy atom. The summed E-state index contributed by atoms with van der Waals surface area (Å²) in [5.74, 6) is 1.65. The van der Waals surface area contributed by atoms with Gasteiger partial charge in [0.25, 0.3) is 0 Å². The van der Waals surface area contributed by atoms with E-state index in [9.17, 15) is 0 Å². The van der Waals surface area contributed by atoms with E-state index in [1.807, 2.05) is 0 Å². The SMILES string of the molecule is C=C(C[C@H](C)CCCCCCCCCCC)OC. The van der Waals surface area contributed by atoms with E-state index >= 15 is 0 Å². The molecule has 0 aromatic heterocycles. The van der Waals surface area contributed by atoms with Crippen LogP contribution in [0.4, 0.5) is 0 Å². The molecule has 0 bridgehead atoms. The van der Waals surface area contributed by atoms with Crippen molar-refractivity contribution >= 4 is 0 Å². The molecule has 0 heterocycles. The van der Waals surface area contributed by atoms with Gasteiger partial charge in [0, 0.05) is 6.42 Å². The van der Waals surface area contributed by atoms with Crippen LogP contribution in [0, 0.1) is 5.92 Å². The van der Waals surface area contributed by atoms with Crippen molar-refractivity contribution in [3.8, 4) is 0 Å². The van der Waals surface area contributed by atoms with Gasteiger partial charge in [-0.1, -0.05) is 84.6 Å². The van der Waals surface area contributed by atoms with Gasteiger partial charge in [0.05, 0.1) is 12.9 Å². The molecular formula is C17H34O. The third kappa shape index (κ3) is 12.0. The van der Waals surface area contributed by atoms with Crippen molar-refractivity contribution in [2.24, 2.45) is 5.92 Å². The summed E-state index contributed by atoms with van der Waals surface area (Å²) in [5.41, 5.74) is 0. The van der Waals surface area contributed by atoms with Crippen LogP contribution in [0.25, 0.3) is 0 Å². The van der Waals surface area contributed by atoms with Gasteiger partial charge in [-0.3, -0.25) is 0 Å². The van der Waals surface area contributed by atoms with Crippen molar-refractivity contribution in [2.75, 3.05) is 7.11 Å². The number of rotatable bonds is 13. The summed E-state index contributed by atoms with van der Waals surface area (Å²) in [6.07, 6.45) is 15.1. The second kappa shape index (κ2) is 13.0. The highest BCUT2D eigenvalue weighted by atomic mass is 16.5. The monoisotopic (exact) mass is 254 g/mol. The fourth-order valence-corrected chi connectivity index (χ4v) is 2.38. The first kappa shape index (κ1) is 17.5. The summed E-state index contributed by atoms with van der Waals surface area (Å²) in [6.45, 7) is 8.46. The minimum atomic E-state index is 0.724. The molecule has 0 aromatic rings. The topological polar surface area (TPSA) is 9.23 Å². The molecule has 0 spiro atoms. The van der Waals surface area contributed by atoms with Crippen molar-refractivity contribution in [1.29, 1.82) is 0 Å². The first-order chi connectivity index (χ1) is 8.70. The molecule has 0 rings (SSSR count). The third-order valence-electron chi connectivity index (χ3n) is 3.67. The maximum Gasteiger partial charge on any atom is 0.0886 e. The van der Waals surface area contributed by atoms with E-state index in [-0.39, 0.29) is 0 Å². The minimum Gasteiger partial charge on any atom is -0.502 e. The third-order valence-corrected chi connectivity index (χ3v) is 3.67. The van der Waals surface area contributed by atoms with Gasteiger partial charge >= 0.3 is 0 Å². The summed E-state index contributed by atoms with van der Waals surface area (Å²) in [4.78, 5) is 0. The van der Waals surface area contributed by atoms with Gasteiger partial charge < -0.3 is 4.74 Å². The first-order valence-electron chi connectivity index (χ1n) is 7.92. The standard InChI is InChI=1S/C17H34O/c1-5-6-7-8-9-10-11-12-13-14-16(2)15-17(3)18-4/h16H,3,5-15H2,1-2,4H3/t16-/m1/s1. The Morgan fingerprint density at radius 2 is 1.44 bits per heavy atom. The Bertz CT molecular complexity index is 186. The zero-order valence-corrected chi connectivity index (χ0v) is 13.0. The van der Waals surface area contributed by atoms with Gasteiger partial charge in [-0.05, 0) is 5.92 Å². The summed E-state index contributed by atoms with van der Waals surface area (Å²) in [6, 6.07) is 0. The van der Waals surface area contributed by atoms with Gasteiger partial charge in [0.1, 0.15) is 0 Å². The summed E-state index contributed by atoms with van der Waals surface area (Å²) in [5, 5.41) is 0. The number of hydrogen-bond acceptors (Lipinski definition) is 1. The molecule has 0 aliphatic rings. The molecule has 0 radical (unpaired) electrons. The van der Waals surface area contributed by atoms with Crippen molar-refractivity contribution in [2.45, 2.75) is 84.5 Å². The van der Waals surface area contributed by atoms with Gasteiger partial charge in [-0.2, -0.15) is 0 Å². The zero-order valence-electron chi connectivity index (χ0n) is 13.0. The lowest BCUT2D eigenvalue weighted by molar-refractivity contribution is 0.260. The van der Waals surface area contributed by atoms with E-state index in [2.05, 4.69) is 20.4 Å². The number of ether oxygens (including phenoxy) is 1. The zero-order chi connectivity index (χ0) is 13.6. The smallest absolute Gasteiger partial charge is 0.0886 e. The molecule has 0 saturated heterocycles. The minimum absolute atomic E-state index is 0.724. The van der Waals surface area contributed by atoms with Crippen LogP contribution in [0.5, 0.6) is 0 Å². The van der Waals surface area contributed by atoms with Crippen molar-refractivity contribution in [3.05, 3.63) is 12.3 Å². The normalized spacial score (nSPS) is 12.4. The van der Waals surface area contributed by atoms with Crippen LogP contribution in [0.3, 0.4) is 0 Å². The Morgan fingerprint density at radius 1 is 0.944 bits per heavy atom. The van der Waals surface area contributed by atoms with Gasteiger partial charge in [-0.25, -0.2) is 0 Å². The molecule has 0 aliphatic heterocycles. The maximum absolute atomic E-state index is 5.12. The predicted molar refractivity (Wildman–Crippen MR) is 81.8 cm³/mol. The van der Waals surface area contributed by atoms with Crippen LogP contribution in [-0.2, 0) is 4.74 Å². The number of methoxy groups -OCH3 is 1. The van der Waals surface area contributed by atoms with Crippen LogP contribution < -0.4 is 0 Å². The molecule has 0 aromatic carbocycles. The largest absolute Gasteiger partial charge is 0.502 e. The van der Waals surface area contributed by atoms with Crippen LogP contribution in [0.15, 0.2) is 12.3 Å². The van der Waals surface area contributed by atoms with Crippen LogP contribution in [0.2, 0.25) is 0 Å². The molecule has 0 aliphatic carbocycles. The highest BCUT2D eigenvalue weighted by Gasteiger charge is 2.04. The van der Waals surface area contributed by atoms with Crippen molar-refractivity contribution in [3.63, 3.8) is 0 Å². The molecular weight excluding hydrogens is 220 g/mol. The van der Waals surface area contributed by atoms with Gasteiger partial charge in [-0.15, -0.1) is 0 Å². The molecule has 108 valence electrons. The summed E-state index contributed by atoms with van der Waals surface area (Å²) < 4.78 is 5.12. The Kier molecular flexibility index (Phi) is 12.7. The van der Waals surface area contributed by atoms with Gasteiger partial charge in [0.15, 0.2) is 0 Å². The number of unbranched alkanes of at least 4 members (excludes halogenated alkanes) is 8. The Labute approximate surface area is 115 Å². The Hall–Kier alpha value is -0.460. The fraction of sp³-hybridized carbons (Fsp3) is 0.882. The Balaban J connectivity index is 3.17. The second-order valence-corrected chi connectivity index (χ2v) is 5.67. The molecule has 0 N–H and O–H groups in total. The van der Waals surface area contributed by atoms with Crippen molar-refractivity contribution < 1.29 is 4.74 Å². The molecule has 0 fully saturated rings. The van der Waals surface area contributed by atoms with Crippen LogP contribution in [-0.4, -0.2) is 7.11 Å². The van der Waals surface area contributed by atoms with E-state index in [1.165, 1.54) is 64.2 Å². The lowest BCUT2D eigenvalue weighted by atomic mass is 9.98. The quantitative estimate of drug-likeness (QED) is 0.285. The fourth-order valence-electron chi connectivity index (χ4n) is 2.38. The number of allylic oxidation sites excluding steroid dienone is 1. The van der Waals surface area contributed by atoms with Gasteiger partial charge in [0.2, 0.25) is 0 Å². The second-order valence-electron chi connectivity index (χ2n) is 5.67. The van der Waals surface area contributed by atoms with E-state index in [4.69, 9.17) is 4.74 Å². The van der Waals surface area contributed by atoms with Crippen LogP contribution in [0.1, 0.15) is 84.5 Å². The van der Waals surface area contributed by atoms with Crippen LogP contribution >= 0.6 is 0 Å². The highest BCUT2D eigenvalue weighted by molar-refractivity contribution is 4.83. The molecule has 1 heteroatoms. The first-order valence-corrected chi connectivity index (χ1v) is 7.92. The predicted octanol–water partition coefficient (Wildman–Crippen LogP) is 6.09. The van der Waals surface area contributed by atoms with E-state index in [0.717, 1.165) is 18.1 Å². The molecule has 18 heavy (non-hydrogen) atoms. The number of hydrogen-bond donors (Lipinski definition) is 0. The van der Waals surface area contributed by atoms with E-state index in [1.54, 1.807) is 7.11 Å². The lowest BCUT2D eigenvalue weighted by Gasteiger charge is -2.12. The maximum atomic E-state index is 5.12. The summed E-state index contributed by atoms with van der Waals surface area (Å²) >= 11 is 0. The lowest BCUT2D eigenvalue weighted by Crippen LogP contribution is -1.98. The highest BCUT2D eigenvalue weighted by Crippen LogP contribution is 2.18. The molecule has 1 nitrogen and oxygen atoms in total. The summed E-state index contributed by atoms with van der Waals surface area (Å²) in [7, 11) is 1.72. The van der Waals surface area contributed by atoms with E-state index < -0.39 is 0 Å². The van der Waals surface area contributed by atoms with Crippen molar-refractivity contribution in [1.82, 2.24) is 0 Å². The van der Waals surface area contributed by atoms with E-state index in [0.29, 0.717) is 0 Å². The molecule has 0 saturated carbocycles. The average Bonchev–Trinajstić information content (AvgIpc) is 2.36. The molecule has 0 unspecified atom stereocenters. The molecule has 0 amide bonds.